The number of nitrogens with zero attached hydrogens (tertiary/aromatic N) is 1. The second kappa shape index (κ2) is 3.50. The molecule has 0 spiro atoms. The van der Waals surface area contributed by atoms with Crippen LogP contribution in [0.15, 0.2) is 0 Å². The minimum absolute atomic E-state index is 0.355. The Balaban J connectivity index is 2.44. The third-order valence-electron chi connectivity index (χ3n) is 1.97. The highest BCUT2D eigenvalue weighted by Crippen LogP contribution is 2.19. The molecule has 0 radical (unpaired) electrons. The predicted molar refractivity (Wildman–Crippen MR) is 45.5 cm³/mol. The summed E-state index contributed by atoms with van der Waals surface area (Å²) in [7, 11) is 0. The molecule has 78 valence electrons. The van der Waals surface area contributed by atoms with Crippen molar-refractivity contribution in [3.05, 3.63) is 0 Å². The van der Waals surface area contributed by atoms with Crippen LogP contribution in [-0.2, 0) is 4.74 Å². The molecule has 0 saturated carbocycles. The molecule has 0 aromatic heterocycles. The van der Waals surface area contributed by atoms with Gasteiger partial charge in [0.25, 0.3) is 0 Å². The molecule has 0 N–H and O–H groups in total. The normalized spacial score (nSPS) is 24.7. The Labute approximate surface area is 76.1 Å². The number of ether oxygens (including phenoxy) is 1. The lowest BCUT2D eigenvalue weighted by atomic mass is 9.90. The third-order valence-corrected chi connectivity index (χ3v) is 1.97. The Morgan fingerprint density at radius 3 is 2.46 bits per heavy atom. The van der Waals surface area contributed by atoms with E-state index in [2.05, 4.69) is 0 Å². The summed E-state index contributed by atoms with van der Waals surface area (Å²) in [4.78, 5) is 1.41. The number of morpholine rings is 1. The first-order chi connectivity index (χ1) is 5.79. The van der Waals surface area contributed by atoms with Crippen LogP contribution in [0.4, 0.5) is 12.9 Å². The van der Waals surface area contributed by atoms with E-state index in [-0.39, 0.29) is 0 Å². The van der Waals surface area contributed by atoms with Crippen LogP contribution in [0.3, 0.4) is 0 Å². The first-order valence-corrected chi connectivity index (χ1v) is 4.36. The zero-order valence-corrected chi connectivity index (χ0v) is 7.90. The molecular weight excluding hydrogens is 182 g/mol. The van der Waals surface area contributed by atoms with E-state index in [0.29, 0.717) is 19.7 Å². The van der Waals surface area contributed by atoms with Crippen LogP contribution in [0.1, 0.15) is 13.8 Å². The molecule has 0 aliphatic carbocycles. The van der Waals surface area contributed by atoms with Gasteiger partial charge in [-0.15, -0.1) is 0 Å². The van der Waals surface area contributed by atoms with Gasteiger partial charge in [-0.2, -0.15) is 0 Å². The molecule has 0 atom stereocenters. The molecular formula is C7H14BF3NO-. The van der Waals surface area contributed by atoms with E-state index in [4.69, 9.17) is 4.74 Å². The Morgan fingerprint density at radius 1 is 1.38 bits per heavy atom. The molecule has 1 fully saturated rings. The van der Waals surface area contributed by atoms with Crippen LogP contribution in [-0.4, -0.2) is 43.6 Å². The summed E-state index contributed by atoms with van der Waals surface area (Å²) in [5.41, 5.74) is -0.445. The molecule has 1 aliphatic rings. The van der Waals surface area contributed by atoms with Gasteiger partial charge in [0.1, 0.15) is 0 Å². The minimum Gasteiger partial charge on any atom is -0.448 e. The summed E-state index contributed by atoms with van der Waals surface area (Å²) in [6, 6.07) is 0. The van der Waals surface area contributed by atoms with E-state index in [1.807, 2.05) is 13.8 Å². The van der Waals surface area contributed by atoms with Crippen molar-refractivity contribution in [3.8, 4) is 0 Å². The van der Waals surface area contributed by atoms with Crippen LogP contribution in [0, 0.1) is 0 Å². The highest BCUT2D eigenvalue weighted by Gasteiger charge is 2.32. The summed E-state index contributed by atoms with van der Waals surface area (Å²) in [6.07, 6.45) is -0.771. The van der Waals surface area contributed by atoms with Gasteiger partial charge < -0.3 is 22.6 Å². The fourth-order valence-corrected chi connectivity index (χ4v) is 1.56. The third kappa shape index (κ3) is 4.00. The lowest BCUT2D eigenvalue weighted by Gasteiger charge is -2.40. The average molecular weight is 196 g/mol. The van der Waals surface area contributed by atoms with Crippen LogP contribution >= 0.6 is 0 Å². The van der Waals surface area contributed by atoms with Gasteiger partial charge in [0.15, 0.2) is 0 Å². The summed E-state index contributed by atoms with van der Waals surface area (Å²) in [5, 5.41) is 0. The molecule has 13 heavy (non-hydrogen) atoms. The molecule has 1 saturated heterocycles. The average Bonchev–Trinajstić information content (AvgIpc) is 1.79. The monoisotopic (exact) mass is 196 g/mol. The highest BCUT2D eigenvalue weighted by atomic mass is 19.4. The second-order valence-electron chi connectivity index (χ2n) is 4.05. The van der Waals surface area contributed by atoms with Crippen molar-refractivity contribution in [3.63, 3.8) is 0 Å². The molecule has 0 aromatic carbocycles. The van der Waals surface area contributed by atoms with Crippen molar-refractivity contribution in [2.75, 3.05) is 26.1 Å². The van der Waals surface area contributed by atoms with Crippen LogP contribution in [0.25, 0.3) is 0 Å². The molecule has 2 nitrogen and oxygen atoms in total. The molecule has 6 heteroatoms. The summed E-state index contributed by atoms with van der Waals surface area (Å²) in [6.45, 7) is 0.0357. The summed E-state index contributed by atoms with van der Waals surface area (Å²) in [5.74, 6) is 0. The van der Waals surface area contributed by atoms with Crippen LogP contribution in [0.2, 0.25) is 0 Å². The van der Waals surface area contributed by atoms with Crippen LogP contribution in [0.5, 0.6) is 0 Å². The number of hydrogen-bond acceptors (Lipinski definition) is 2. The predicted octanol–water partition coefficient (Wildman–Crippen LogP) is 1.48. The highest BCUT2D eigenvalue weighted by molar-refractivity contribution is 6.58. The lowest BCUT2D eigenvalue weighted by molar-refractivity contribution is -0.0830. The van der Waals surface area contributed by atoms with E-state index >= 15 is 0 Å². The van der Waals surface area contributed by atoms with Gasteiger partial charge in [-0.3, -0.25) is 0 Å². The summed E-state index contributed by atoms with van der Waals surface area (Å²) < 4.78 is 41.5. The fourth-order valence-electron chi connectivity index (χ4n) is 1.56. The Morgan fingerprint density at radius 2 is 2.00 bits per heavy atom. The summed E-state index contributed by atoms with van der Waals surface area (Å²) >= 11 is 0. The maximum absolute atomic E-state index is 12.1. The van der Waals surface area contributed by atoms with Gasteiger partial charge in [-0.1, -0.05) is 0 Å². The molecule has 1 aliphatic heterocycles. The van der Waals surface area contributed by atoms with Crippen molar-refractivity contribution in [2.24, 2.45) is 0 Å². The number of halogens is 3. The van der Waals surface area contributed by atoms with Crippen LogP contribution < -0.4 is 0 Å². The van der Waals surface area contributed by atoms with Crippen molar-refractivity contribution < 1.29 is 17.7 Å². The van der Waals surface area contributed by atoms with E-state index in [0.717, 1.165) is 0 Å². The molecule has 0 unspecified atom stereocenters. The lowest BCUT2D eigenvalue weighted by Crippen LogP contribution is -2.52. The van der Waals surface area contributed by atoms with Gasteiger partial charge in [-0.05, 0) is 20.3 Å². The van der Waals surface area contributed by atoms with Gasteiger partial charge >= 0.3 is 6.98 Å². The van der Waals surface area contributed by atoms with E-state index < -0.39 is 19.0 Å². The maximum atomic E-state index is 12.1. The molecule has 0 aromatic rings. The van der Waals surface area contributed by atoms with Crippen molar-refractivity contribution in [1.29, 1.82) is 0 Å². The number of rotatable bonds is 2. The Hall–Kier alpha value is -0.225. The first-order valence-electron chi connectivity index (χ1n) is 4.36. The zero-order chi connectivity index (χ0) is 10.1. The quantitative estimate of drug-likeness (QED) is 0.620. The Kier molecular flexibility index (Phi) is 2.92. The van der Waals surface area contributed by atoms with Crippen molar-refractivity contribution >= 4 is 6.98 Å². The first kappa shape index (κ1) is 10.9. The fraction of sp³-hybridized carbons (Fsp3) is 1.00. The van der Waals surface area contributed by atoms with E-state index in [9.17, 15) is 12.9 Å². The largest absolute Gasteiger partial charge is 0.492 e. The minimum atomic E-state index is -4.70. The smallest absolute Gasteiger partial charge is 0.448 e. The topological polar surface area (TPSA) is 12.5 Å². The zero-order valence-electron chi connectivity index (χ0n) is 7.90. The van der Waals surface area contributed by atoms with Crippen molar-refractivity contribution in [1.82, 2.24) is 4.90 Å². The molecule has 1 rings (SSSR count). The van der Waals surface area contributed by atoms with E-state index in [1.54, 1.807) is 0 Å². The SMILES string of the molecule is CC1(C)CN(C[B-](F)(F)F)CCO1. The van der Waals surface area contributed by atoms with Gasteiger partial charge in [0.2, 0.25) is 0 Å². The van der Waals surface area contributed by atoms with Gasteiger partial charge in [0, 0.05) is 13.1 Å². The molecule has 1 heterocycles. The second-order valence-corrected chi connectivity index (χ2v) is 4.05. The van der Waals surface area contributed by atoms with E-state index in [1.165, 1.54) is 4.90 Å². The standard InChI is InChI=1S/C7H14BF3NO/c1-7(2)5-12(3-4-13-7)6-8(9,10)11/h3-6H2,1-2H3/q-1. The van der Waals surface area contributed by atoms with Gasteiger partial charge in [-0.25, -0.2) is 0 Å². The van der Waals surface area contributed by atoms with Gasteiger partial charge in [0.05, 0.1) is 12.2 Å². The van der Waals surface area contributed by atoms with Crippen molar-refractivity contribution in [2.45, 2.75) is 19.4 Å². The molecule has 0 amide bonds. The number of hydrogen-bond donors (Lipinski definition) is 0. The Bertz CT molecular complexity index is 181. The molecule has 0 bridgehead atoms. The maximum Gasteiger partial charge on any atom is 0.492 e.